The van der Waals surface area contributed by atoms with Gasteiger partial charge in [0.05, 0.1) is 17.4 Å². The fourth-order valence-corrected chi connectivity index (χ4v) is 4.59. The number of aliphatic hydroxyl groups excluding tert-OH is 1. The van der Waals surface area contributed by atoms with Crippen LogP contribution in [0.3, 0.4) is 0 Å². The summed E-state index contributed by atoms with van der Waals surface area (Å²) in [5.41, 5.74) is 7.01. The van der Waals surface area contributed by atoms with Crippen LogP contribution in [0.1, 0.15) is 24.0 Å². The molecule has 0 amide bonds. The predicted octanol–water partition coefficient (Wildman–Crippen LogP) is 0.585. The summed E-state index contributed by atoms with van der Waals surface area (Å²) in [4.78, 5) is 0. The maximum Gasteiger partial charge on any atom is 0.155 e. The molecule has 3 atom stereocenters. The lowest BCUT2D eigenvalue weighted by atomic mass is 10.1. The molecule has 1 fully saturated rings. The normalized spacial score (nSPS) is 31.3. The second kappa shape index (κ2) is 4.33. The zero-order valence-electron chi connectivity index (χ0n) is 10.6. The number of aryl methyl sites for hydroxylation is 1. The van der Waals surface area contributed by atoms with Gasteiger partial charge in [-0.2, -0.15) is 0 Å². The average molecular weight is 269 g/mol. The molecule has 0 heterocycles. The third-order valence-electron chi connectivity index (χ3n) is 3.80. The number of benzene rings is 1. The monoisotopic (exact) mass is 269 g/mol. The molecule has 1 aromatic carbocycles. The molecule has 0 spiro atoms. The lowest BCUT2D eigenvalue weighted by molar-refractivity contribution is 0.253. The number of sulfone groups is 1. The van der Waals surface area contributed by atoms with Gasteiger partial charge in [0.25, 0.3) is 0 Å². The van der Waals surface area contributed by atoms with E-state index in [4.69, 9.17) is 5.73 Å². The smallest absolute Gasteiger partial charge is 0.155 e. The molecule has 1 saturated carbocycles. The maximum absolute atomic E-state index is 12.0. The Morgan fingerprint density at radius 1 is 1.33 bits per heavy atom. The number of nitrogens with two attached hydrogens (primary N) is 1. The van der Waals surface area contributed by atoms with E-state index in [-0.39, 0.29) is 18.3 Å². The van der Waals surface area contributed by atoms with Gasteiger partial charge in [0.1, 0.15) is 0 Å². The van der Waals surface area contributed by atoms with E-state index in [0.29, 0.717) is 0 Å². The zero-order chi connectivity index (χ0) is 13.6. The summed E-state index contributed by atoms with van der Waals surface area (Å²) in [5, 5.41) is 8.73. The molecule has 3 N–H and O–H groups in total. The Labute approximate surface area is 108 Å². The first-order chi connectivity index (χ1) is 8.36. The van der Waals surface area contributed by atoms with Crippen LogP contribution in [-0.4, -0.2) is 36.7 Å². The lowest BCUT2D eigenvalue weighted by Crippen LogP contribution is -2.35. The molecule has 100 valence electrons. The van der Waals surface area contributed by atoms with Crippen molar-refractivity contribution < 1.29 is 13.5 Å². The van der Waals surface area contributed by atoms with E-state index in [1.807, 2.05) is 31.2 Å². The molecule has 1 aliphatic carbocycles. The first kappa shape index (κ1) is 13.5. The molecule has 4 nitrogen and oxygen atoms in total. The van der Waals surface area contributed by atoms with Gasteiger partial charge in [-0.25, -0.2) is 8.42 Å². The molecule has 18 heavy (non-hydrogen) atoms. The van der Waals surface area contributed by atoms with Crippen molar-refractivity contribution in [3.8, 4) is 0 Å². The summed E-state index contributed by atoms with van der Waals surface area (Å²) in [7, 11) is -3.24. The molecule has 1 aliphatic rings. The molecule has 0 saturated heterocycles. The maximum atomic E-state index is 12.0. The van der Waals surface area contributed by atoms with Crippen molar-refractivity contribution in [1.29, 1.82) is 0 Å². The Bertz CT molecular complexity index is 538. The van der Waals surface area contributed by atoms with Crippen molar-refractivity contribution >= 4 is 9.84 Å². The van der Waals surface area contributed by atoms with Crippen molar-refractivity contribution in [1.82, 2.24) is 0 Å². The van der Waals surface area contributed by atoms with Gasteiger partial charge in [-0.1, -0.05) is 36.8 Å². The van der Waals surface area contributed by atoms with Crippen molar-refractivity contribution in [2.75, 3.05) is 12.4 Å². The highest BCUT2D eigenvalue weighted by atomic mass is 32.2. The van der Waals surface area contributed by atoms with Crippen LogP contribution in [0.5, 0.6) is 0 Å². The minimum Gasteiger partial charge on any atom is -0.394 e. The Balaban J connectivity index is 2.37. The van der Waals surface area contributed by atoms with Crippen LogP contribution >= 0.6 is 0 Å². The first-order valence-corrected chi connectivity index (χ1v) is 7.76. The SMILES string of the molecule is CCS(=O)(=O)[C@@H]1[C@@H](c2ccc(C)cc2)[C@]1(N)CO. The van der Waals surface area contributed by atoms with E-state index in [1.54, 1.807) is 6.92 Å². The van der Waals surface area contributed by atoms with Crippen LogP contribution in [0.2, 0.25) is 0 Å². The number of rotatable bonds is 4. The van der Waals surface area contributed by atoms with E-state index in [9.17, 15) is 13.5 Å². The van der Waals surface area contributed by atoms with Gasteiger partial charge < -0.3 is 10.8 Å². The third kappa shape index (κ3) is 1.96. The van der Waals surface area contributed by atoms with Crippen LogP contribution in [0, 0.1) is 6.92 Å². The molecule has 0 bridgehead atoms. The molecule has 5 heteroatoms. The number of hydrogen-bond donors (Lipinski definition) is 2. The summed E-state index contributed by atoms with van der Waals surface area (Å²) in [6.45, 7) is 3.27. The van der Waals surface area contributed by atoms with Gasteiger partial charge in [-0.3, -0.25) is 0 Å². The fourth-order valence-electron chi connectivity index (χ4n) is 2.59. The largest absolute Gasteiger partial charge is 0.394 e. The van der Waals surface area contributed by atoms with Crippen LogP contribution < -0.4 is 5.73 Å². The van der Waals surface area contributed by atoms with Gasteiger partial charge in [-0.15, -0.1) is 0 Å². The number of aliphatic hydroxyl groups is 1. The molecular weight excluding hydrogens is 250 g/mol. The van der Waals surface area contributed by atoms with Crippen molar-refractivity contribution in [2.45, 2.75) is 30.6 Å². The summed E-state index contributed by atoms with van der Waals surface area (Å²) in [5.74, 6) is -0.244. The van der Waals surface area contributed by atoms with Gasteiger partial charge in [0.2, 0.25) is 0 Å². The Morgan fingerprint density at radius 3 is 2.33 bits per heavy atom. The quantitative estimate of drug-likeness (QED) is 0.838. The highest BCUT2D eigenvalue weighted by molar-refractivity contribution is 7.92. The van der Waals surface area contributed by atoms with E-state index in [0.717, 1.165) is 11.1 Å². The summed E-state index contributed by atoms with van der Waals surface area (Å²) in [6, 6.07) is 7.65. The standard InChI is InChI=1S/C13H19NO3S/c1-3-18(16,17)12-11(13(12,14)8-15)10-6-4-9(2)5-7-10/h4-7,11-12,15H,3,8,14H2,1-2H3/t11-,12-,13-/m1/s1. The van der Waals surface area contributed by atoms with E-state index in [2.05, 4.69) is 0 Å². The van der Waals surface area contributed by atoms with E-state index < -0.39 is 20.6 Å². The molecule has 0 radical (unpaired) electrons. The fraction of sp³-hybridized carbons (Fsp3) is 0.538. The average Bonchev–Trinajstić information content (AvgIpc) is 2.98. The Hall–Kier alpha value is -0.910. The molecule has 0 aliphatic heterocycles. The second-order valence-corrected chi connectivity index (χ2v) is 7.44. The van der Waals surface area contributed by atoms with Crippen LogP contribution in [0.15, 0.2) is 24.3 Å². The third-order valence-corrected chi connectivity index (χ3v) is 6.09. The van der Waals surface area contributed by atoms with Gasteiger partial charge >= 0.3 is 0 Å². The topological polar surface area (TPSA) is 80.4 Å². The van der Waals surface area contributed by atoms with Gasteiger partial charge in [-0.05, 0) is 12.5 Å². The van der Waals surface area contributed by atoms with Crippen molar-refractivity contribution in [3.63, 3.8) is 0 Å². The Kier molecular flexibility index (Phi) is 3.25. The molecule has 0 aromatic heterocycles. The lowest BCUT2D eigenvalue weighted by Gasteiger charge is -2.07. The highest BCUT2D eigenvalue weighted by Crippen LogP contribution is 2.53. The molecular formula is C13H19NO3S. The summed E-state index contributed by atoms with van der Waals surface area (Å²) in [6.07, 6.45) is 0. The van der Waals surface area contributed by atoms with Crippen molar-refractivity contribution in [2.24, 2.45) is 5.73 Å². The van der Waals surface area contributed by atoms with E-state index in [1.165, 1.54) is 0 Å². The van der Waals surface area contributed by atoms with Crippen molar-refractivity contribution in [3.05, 3.63) is 35.4 Å². The zero-order valence-corrected chi connectivity index (χ0v) is 11.4. The predicted molar refractivity (Wildman–Crippen MR) is 71.2 cm³/mol. The highest BCUT2D eigenvalue weighted by Gasteiger charge is 2.68. The minimum absolute atomic E-state index is 0.0545. The first-order valence-electron chi connectivity index (χ1n) is 6.04. The summed E-state index contributed by atoms with van der Waals surface area (Å²) < 4.78 is 24.0. The molecule has 1 aromatic rings. The Morgan fingerprint density at radius 2 is 1.89 bits per heavy atom. The molecule has 2 rings (SSSR count). The van der Waals surface area contributed by atoms with Gasteiger partial charge in [0, 0.05) is 11.7 Å². The van der Waals surface area contributed by atoms with Crippen LogP contribution in [0.25, 0.3) is 0 Å². The second-order valence-electron chi connectivity index (χ2n) is 5.03. The van der Waals surface area contributed by atoms with Crippen LogP contribution in [0.4, 0.5) is 0 Å². The molecule has 0 unspecified atom stereocenters. The number of hydrogen-bond acceptors (Lipinski definition) is 4. The summed E-state index contributed by atoms with van der Waals surface area (Å²) >= 11 is 0. The minimum atomic E-state index is -3.24. The van der Waals surface area contributed by atoms with Gasteiger partial charge in [0.15, 0.2) is 9.84 Å². The van der Waals surface area contributed by atoms with Crippen LogP contribution in [-0.2, 0) is 9.84 Å². The van der Waals surface area contributed by atoms with E-state index >= 15 is 0 Å².